The molecule has 2 aromatic carbocycles. The first-order valence-corrected chi connectivity index (χ1v) is 12.0. The zero-order valence-electron chi connectivity index (χ0n) is 20.0. The predicted octanol–water partition coefficient (Wildman–Crippen LogP) is 7.26. The number of pyridine rings is 1. The number of nitrogens with one attached hydrogen (secondary N) is 2. The van der Waals surface area contributed by atoms with E-state index in [1.54, 1.807) is 6.20 Å². The quantitative estimate of drug-likeness (QED) is 0.354. The van der Waals surface area contributed by atoms with Crippen LogP contribution in [0.5, 0.6) is 0 Å². The minimum atomic E-state index is 0.825. The number of aliphatic imine (C=N–C) groups is 1. The largest absolute Gasteiger partial charge is 0.372 e. The Morgan fingerprint density at radius 3 is 2.32 bits per heavy atom. The molecule has 1 saturated heterocycles. The first kappa shape index (κ1) is 23.3. The van der Waals surface area contributed by atoms with E-state index in [-0.39, 0.29) is 0 Å². The van der Waals surface area contributed by atoms with Crippen LogP contribution in [-0.2, 0) is 0 Å². The molecule has 0 aliphatic carbocycles. The molecule has 34 heavy (non-hydrogen) atoms. The van der Waals surface area contributed by atoms with Crippen LogP contribution in [0.4, 0.5) is 22.7 Å². The molecule has 174 valence electrons. The lowest BCUT2D eigenvalue weighted by atomic mass is 10.1. The molecule has 0 saturated carbocycles. The summed E-state index contributed by atoms with van der Waals surface area (Å²) in [5, 5.41) is 6.76. The lowest BCUT2D eigenvalue weighted by Gasteiger charge is -2.28. The van der Waals surface area contributed by atoms with Crippen molar-refractivity contribution < 1.29 is 0 Å². The number of anilines is 4. The smallest absolute Gasteiger partial charge is 0.125 e. The average molecular weight is 452 g/mol. The maximum atomic E-state index is 4.61. The van der Waals surface area contributed by atoms with Gasteiger partial charge in [0.05, 0.1) is 11.9 Å². The van der Waals surface area contributed by atoms with E-state index >= 15 is 0 Å². The molecule has 0 spiro atoms. The average Bonchev–Trinajstić information content (AvgIpc) is 2.90. The Morgan fingerprint density at radius 1 is 0.912 bits per heavy atom. The van der Waals surface area contributed by atoms with Crippen molar-refractivity contribution in [2.75, 3.05) is 28.6 Å². The van der Waals surface area contributed by atoms with Gasteiger partial charge in [0.25, 0.3) is 0 Å². The van der Waals surface area contributed by atoms with E-state index in [9.17, 15) is 0 Å². The number of hydrogen-bond acceptors (Lipinski definition) is 5. The van der Waals surface area contributed by atoms with E-state index in [1.807, 2.05) is 43.6 Å². The second-order valence-electron chi connectivity index (χ2n) is 8.47. The summed E-state index contributed by atoms with van der Waals surface area (Å²) >= 11 is 0. The normalized spacial score (nSPS) is 14.9. The summed E-state index contributed by atoms with van der Waals surface area (Å²) in [6.45, 7) is 6.41. The van der Waals surface area contributed by atoms with Gasteiger partial charge in [0.2, 0.25) is 0 Å². The molecule has 0 bridgehead atoms. The van der Waals surface area contributed by atoms with Crippen LogP contribution in [0.2, 0.25) is 0 Å². The third-order valence-electron chi connectivity index (χ3n) is 5.96. The lowest BCUT2D eigenvalue weighted by Crippen LogP contribution is -2.29. The Morgan fingerprint density at radius 2 is 1.65 bits per heavy atom. The molecule has 0 amide bonds. The maximum Gasteiger partial charge on any atom is 0.125 e. The molecule has 1 aromatic heterocycles. The second-order valence-corrected chi connectivity index (χ2v) is 8.47. The minimum absolute atomic E-state index is 0.825. The van der Waals surface area contributed by atoms with Gasteiger partial charge >= 0.3 is 0 Å². The van der Waals surface area contributed by atoms with Crippen molar-refractivity contribution in [1.29, 1.82) is 0 Å². The minimum Gasteiger partial charge on any atom is -0.372 e. The predicted molar refractivity (Wildman–Crippen MR) is 146 cm³/mol. The molecule has 3 aromatic rings. The highest BCUT2D eigenvalue weighted by Crippen LogP contribution is 2.23. The van der Waals surface area contributed by atoms with Gasteiger partial charge in [-0.05, 0) is 105 Å². The lowest BCUT2D eigenvalue weighted by molar-refractivity contribution is 0.578. The van der Waals surface area contributed by atoms with Crippen LogP contribution in [-0.4, -0.2) is 24.3 Å². The summed E-state index contributed by atoms with van der Waals surface area (Å²) in [7, 11) is 0. The van der Waals surface area contributed by atoms with Crippen molar-refractivity contribution in [3.05, 3.63) is 96.6 Å². The monoisotopic (exact) mass is 451 g/mol. The van der Waals surface area contributed by atoms with Gasteiger partial charge in [0.15, 0.2) is 0 Å². The van der Waals surface area contributed by atoms with E-state index in [0.29, 0.717) is 0 Å². The van der Waals surface area contributed by atoms with Crippen LogP contribution in [0.15, 0.2) is 96.0 Å². The summed E-state index contributed by atoms with van der Waals surface area (Å²) < 4.78 is 0. The van der Waals surface area contributed by atoms with Gasteiger partial charge in [0.1, 0.15) is 5.82 Å². The molecule has 0 atom stereocenters. The van der Waals surface area contributed by atoms with E-state index in [2.05, 4.69) is 81.0 Å². The molecular formula is C29H33N5. The van der Waals surface area contributed by atoms with Crippen molar-refractivity contribution in [3.63, 3.8) is 0 Å². The number of hydrogen-bond donors (Lipinski definition) is 2. The van der Waals surface area contributed by atoms with Crippen LogP contribution in [0.25, 0.3) is 5.57 Å². The fourth-order valence-corrected chi connectivity index (χ4v) is 3.98. The Hall–Kier alpha value is -3.86. The van der Waals surface area contributed by atoms with E-state index in [0.717, 1.165) is 47.1 Å². The van der Waals surface area contributed by atoms with Crippen molar-refractivity contribution in [2.45, 2.75) is 33.1 Å². The Bertz CT molecular complexity index is 1120. The van der Waals surface area contributed by atoms with Gasteiger partial charge in [-0.25, -0.2) is 4.99 Å². The molecule has 5 heteroatoms. The van der Waals surface area contributed by atoms with Crippen LogP contribution in [0.3, 0.4) is 0 Å². The molecular weight excluding hydrogens is 418 g/mol. The van der Waals surface area contributed by atoms with Crippen LogP contribution in [0.1, 0.15) is 38.7 Å². The first-order chi connectivity index (χ1) is 16.7. The second kappa shape index (κ2) is 11.8. The number of aromatic nitrogens is 1. The fourth-order valence-electron chi connectivity index (χ4n) is 3.98. The topological polar surface area (TPSA) is 52.6 Å². The zero-order valence-corrected chi connectivity index (χ0v) is 20.0. The highest BCUT2D eigenvalue weighted by molar-refractivity contribution is 5.84. The summed E-state index contributed by atoms with van der Waals surface area (Å²) in [5.74, 6) is 0.825. The highest BCUT2D eigenvalue weighted by Gasteiger charge is 2.10. The van der Waals surface area contributed by atoms with Gasteiger partial charge in [-0.1, -0.05) is 12.1 Å². The standard InChI is InChI=1S/C29H33N5/c1-3-29(33-26-13-15-28(16-14-26)34-20-5-4-6-21-34)31-19-17-23(2)24-9-11-25(12-10-24)32-27-8-7-18-30-22-27/h3,7-19,22,32-33H,4-6,20-21H2,1-2H3/b23-17+,29-3-,31-19-. The molecule has 4 rings (SSSR count). The third kappa shape index (κ3) is 6.58. The Kier molecular flexibility index (Phi) is 8.12. The van der Waals surface area contributed by atoms with Gasteiger partial charge in [0, 0.05) is 42.6 Å². The molecule has 5 nitrogen and oxygen atoms in total. The number of benzene rings is 2. The molecule has 2 heterocycles. The SMILES string of the molecule is C/C=C(/N=C\C=C(/C)c1ccc(Nc2cccnc2)cc1)Nc1ccc(N2CCCCC2)cc1. The molecule has 2 N–H and O–H groups in total. The first-order valence-electron chi connectivity index (χ1n) is 12.0. The zero-order chi connectivity index (χ0) is 23.6. The molecule has 0 unspecified atom stereocenters. The van der Waals surface area contributed by atoms with E-state index < -0.39 is 0 Å². The number of nitrogens with zero attached hydrogens (tertiary/aromatic N) is 3. The Labute approximate surface area is 203 Å². The van der Waals surface area contributed by atoms with Gasteiger partial charge in [-0.2, -0.15) is 0 Å². The highest BCUT2D eigenvalue weighted by atomic mass is 15.1. The van der Waals surface area contributed by atoms with Crippen LogP contribution < -0.4 is 15.5 Å². The van der Waals surface area contributed by atoms with Crippen molar-refractivity contribution in [2.24, 2.45) is 4.99 Å². The molecule has 0 radical (unpaired) electrons. The summed E-state index contributed by atoms with van der Waals surface area (Å²) in [5.41, 5.74) is 6.66. The number of rotatable bonds is 8. The van der Waals surface area contributed by atoms with Crippen LogP contribution in [0, 0.1) is 0 Å². The number of allylic oxidation sites excluding steroid dienone is 3. The molecule has 1 aliphatic heterocycles. The maximum absolute atomic E-state index is 4.61. The van der Waals surface area contributed by atoms with Gasteiger partial charge in [-0.3, -0.25) is 4.98 Å². The van der Waals surface area contributed by atoms with Gasteiger partial charge < -0.3 is 15.5 Å². The van der Waals surface area contributed by atoms with E-state index in [4.69, 9.17) is 0 Å². The summed E-state index contributed by atoms with van der Waals surface area (Å²) in [6, 6.07) is 20.9. The molecule has 1 fully saturated rings. The van der Waals surface area contributed by atoms with Crippen molar-refractivity contribution in [1.82, 2.24) is 4.98 Å². The molecule has 1 aliphatic rings. The Balaban J connectivity index is 1.33. The summed E-state index contributed by atoms with van der Waals surface area (Å²) in [6.07, 6.45) is 13.4. The van der Waals surface area contributed by atoms with Crippen molar-refractivity contribution >= 4 is 34.5 Å². The van der Waals surface area contributed by atoms with Crippen LogP contribution >= 0.6 is 0 Å². The van der Waals surface area contributed by atoms with Crippen molar-refractivity contribution in [3.8, 4) is 0 Å². The van der Waals surface area contributed by atoms with Gasteiger partial charge in [-0.15, -0.1) is 0 Å². The van der Waals surface area contributed by atoms with E-state index in [1.165, 1.54) is 24.9 Å². The third-order valence-corrected chi connectivity index (χ3v) is 5.96. The number of piperidine rings is 1. The fraction of sp³-hybridized carbons (Fsp3) is 0.241. The summed E-state index contributed by atoms with van der Waals surface area (Å²) in [4.78, 5) is 11.2.